The first-order valence-corrected chi connectivity index (χ1v) is 9.34. The van der Waals surface area contributed by atoms with Crippen LogP contribution in [-0.2, 0) is 4.79 Å². The second-order valence-electron chi connectivity index (χ2n) is 7.49. The Bertz CT molecular complexity index is 637. The third-order valence-corrected chi connectivity index (χ3v) is 5.70. The second-order valence-corrected chi connectivity index (χ2v) is 7.49. The lowest BCUT2D eigenvalue weighted by Crippen LogP contribution is -2.63. The van der Waals surface area contributed by atoms with Crippen molar-refractivity contribution in [1.29, 1.82) is 0 Å². The summed E-state index contributed by atoms with van der Waals surface area (Å²) in [5.41, 5.74) is 1.66. The number of likely N-dealkylation sites (tertiary alicyclic amines) is 2. The molecule has 2 amide bonds. The molecule has 2 heterocycles. The van der Waals surface area contributed by atoms with E-state index in [9.17, 15) is 9.59 Å². The van der Waals surface area contributed by atoms with Crippen molar-refractivity contribution in [2.45, 2.75) is 44.6 Å². The molecule has 2 saturated heterocycles. The lowest BCUT2D eigenvalue weighted by atomic mass is 9.79. The molecule has 2 aliphatic heterocycles. The maximum atomic E-state index is 13.0. The van der Waals surface area contributed by atoms with E-state index in [1.165, 1.54) is 0 Å². The van der Waals surface area contributed by atoms with E-state index < -0.39 is 0 Å². The molecule has 0 bridgehead atoms. The third-order valence-electron chi connectivity index (χ3n) is 5.70. The zero-order chi connectivity index (χ0) is 18.0. The first-order chi connectivity index (χ1) is 12.0. The fourth-order valence-electron chi connectivity index (χ4n) is 4.41. The van der Waals surface area contributed by atoms with E-state index in [0.717, 1.165) is 50.0 Å². The van der Waals surface area contributed by atoms with Crippen LogP contribution < -0.4 is 4.90 Å². The predicted molar refractivity (Wildman–Crippen MR) is 99.9 cm³/mol. The number of amides is 2. The molecule has 5 heteroatoms. The summed E-state index contributed by atoms with van der Waals surface area (Å²) in [6, 6.07) is 7.77. The first kappa shape index (κ1) is 17.8. The van der Waals surface area contributed by atoms with E-state index >= 15 is 0 Å². The number of rotatable bonds is 3. The van der Waals surface area contributed by atoms with Crippen molar-refractivity contribution in [3.8, 4) is 0 Å². The monoisotopic (exact) mass is 343 g/mol. The van der Waals surface area contributed by atoms with Crippen LogP contribution in [0, 0.1) is 0 Å². The minimum Gasteiger partial charge on any atom is -0.378 e. The van der Waals surface area contributed by atoms with Gasteiger partial charge in [-0.1, -0.05) is 0 Å². The molecule has 1 unspecified atom stereocenters. The molecule has 5 nitrogen and oxygen atoms in total. The summed E-state index contributed by atoms with van der Waals surface area (Å²) >= 11 is 0. The molecule has 1 aromatic carbocycles. The number of likely N-dealkylation sites (N-methyl/N-ethyl adjacent to an activating group) is 1. The molecule has 0 aliphatic carbocycles. The van der Waals surface area contributed by atoms with Crippen LogP contribution in [0.4, 0.5) is 5.69 Å². The summed E-state index contributed by atoms with van der Waals surface area (Å²) < 4.78 is 0. The van der Waals surface area contributed by atoms with Crippen molar-refractivity contribution in [3.63, 3.8) is 0 Å². The number of anilines is 1. The molecule has 2 fully saturated rings. The maximum absolute atomic E-state index is 13.0. The number of carbonyl (C=O) groups is 2. The van der Waals surface area contributed by atoms with Gasteiger partial charge < -0.3 is 14.7 Å². The molecule has 3 rings (SSSR count). The number of piperidine rings is 2. The van der Waals surface area contributed by atoms with E-state index in [-0.39, 0.29) is 17.4 Å². The first-order valence-electron chi connectivity index (χ1n) is 9.34. The van der Waals surface area contributed by atoms with Gasteiger partial charge in [0.15, 0.2) is 0 Å². The average molecular weight is 343 g/mol. The predicted octanol–water partition coefficient (Wildman–Crippen LogP) is 2.76. The Morgan fingerprint density at radius 2 is 1.84 bits per heavy atom. The zero-order valence-electron chi connectivity index (χ0n) is 15.6. The standard InChI is InChI=1S/C20H29N3O2/c1-4-23-18(24)7-5-12-20(23)13-6-14-22(15-20)19(25)16-8-10-17(11-9-16)21(2)3/h8-11H,4-7,12-15H2,1-3H3. The van der Waals surface area contributed by atoms with E-state index in [4.69, 9.17) is 0 Å². The van der Waals surface area contributed by atoms with Gasteiger partial charge >= 0.3 is 0 Å². The van der Waals surface area contributed by atoms with Crippen molar-refractivity contribution in [2.75, 3.05) is 38.6 Å². The number of hydrogen-bond acceptors (Lipinski definition) is 3. The molecule has 2 aliphatic rings. The average Bonchev–Trinajstić information content (AvgIpc) is 2.61. The molecule has 25 heavy (non-hydrogen) atoms. The highest BCUT2D eigenvalue weighted by molar-refractivity contribution is 5.94. The molecule has 0 aromatic heterocycles. The van der Waals surface area contributed by atoms with Crippen molar-refractivity contribution >= 4 is 17.5 Å². The van der Waals surface area contributed by atoms with Crippen molar-refractivity contribution < 1.29 is 9.59 Å². The normalized spacial score (nSPS) is 23.9. The Balaban J connectivity index is 1.78. The molecule has 1 aromatic rings. The number of carbonyl (C=O) groups excluding carboxylic acids is 2. The quantitative estimate of drug-likeness (QED) is 0.848. The molecule has 136 valence electrons. The Morgan fingerprint density at radius 3 is 2.48 bits per heavy atom. The van der Waals surface area contributed by atoms with E-state index in [1.807, 2.05) is 60.0 Å². The molecule has 0 saturated carbocycles. The van der Waals surface area contributed by atoms with Gasteiger partial charge in [-0.2, -0.15) is 0 Å². The van der Waals surface area contributed by atoms with Crippen LogP contribution in [0.15, 0.2) is 24.3 Å². The highest BCUT2D eigenvalue weighted by atomic mass is 16.2. The van der Waals surface area contributed by atoms with E-state index in [0.29, 0.717) is 13.0 Å². The van der Waals surface area contributed by atoms with Crippen LogP contribution in [0.25, 0.3) is 0 Å². The summed E-state index contributed by atoms with van der Waals surface area (Å²) in [7, 11) is 3.98. The highest BCUT2D eigenvalue weighted by Gasteiger charge is 2.45. The fourth-order valence-corrected chi connectivity index (χ4v) is 4.41. The fraction of sp³-hybridized carbons (Fsp3) is 0.600. The number of nitrogens with zero attached hydrogens (tertiary/aromatic N) is 3. The highest BCUT2D eigenvalue weighted by Crippen LogP contribution is 2.37. The Kier molecular flexibility index (Phi) is 5.02. The minimum absolute atomic E-state index is 0.0819. The van der Waals surface area contributed by atoms with Gasteiger partial charge in [0.2, 0.25) is 5.91 Å². The van der Waals surface area contributed by atoms with Gasteiger partial charge in [-0.15, -0.1) is 0 Å². The van der Waals surface area contributed by atoms with Gasteiger partial charge in [-0.05, 0) is 56.9 Å². The van der Waals surface area contributed by atoms with Gasteiger partial charge in [-0.3, -0.25) is 9.59 Å². The second kappa shape index (κ2) is 7.06. The number of hydrogen-bond donors (Lipinski definition) is 0. The van der Waals surface area contributed by atoms with Crippen LogP contribution in [-0.4, -0.2) is 60.9 Å². The maximum Gasteiger partial charge on any atom is 0.253 e. The van der Waals surface area contributed by atoms with Crippen molar-refractivity contribution in [1.82, 2.24) is 9.80 Å². The molecule has 0 radical (unpaired) electrons. The van der Waals surface area contributed by atoms with Crippen LogP contribution in [0.2, 0.25) is 0 Å². The third kappa shape index (κ3) is 3.37. The Morgan fingerprint density at radius 1 is 1.16 bits per heavy atom. The van der Waals surface area contributed by atoms with Crippen molar-refractivity contribution in [3.05, 3.63) is 29.8 Å². The summed E-state index contributed by atoms with van der Waals surface area (Å²) in [5, 5.41) is 0. The molecular formula is C20H29N3O2. The lowest BCUT2D eigenvalue weighted by molar-refractivity contribution is -0.144. The summed E-state index contributed by atoms with van der Waals surface area (Å²) in [4.78, 5) is 31.4. The van der Waals surface area contributed by atoms with Gasteiger partial charge in [0.05, 0.1) is 5.54 Å². The largest absolute Gasteiger partial charge is 0.378 e. The molecule has 0 N–H and O–H groups in total. The van der Waals surface area contributed by atoms with Crippen LogP contribution in [0.1, 0.15) is 49.4 Å². The van der Waals surface area contributed by atoms with Crippen LogP contribution >= 0.6 is 0 Å². The SMILES string of the molecule is CCN1C(=O)CCCC12CCCN(C(=O)c1ccc(N(C)C)cc1)C2. The van der Waals surface area contributed by atoms with Crippen molar-refractivity contribution in [2.24, 2.45) is 0 Å². The number of benzene rings is 1. The Labute approximate surface area is 150 Å². The zero-order valence-corrected chi connectivity index (χ0v) is 15.6. The minimum atomic E-state index is -0.151. The lowest BCUT2D eigenvalue weighted by Gasteiger charge is -2.52. The topological polar surface area (TPSA) is 43.9 Å². The summed E-state index contributed by atoms with van der Waals surface area (Å²) in [6.07, 6.45) is 4.57. The van der Waals surface area contributed by atoms with Crippen LogP contribution in [0.5, 0.6) is 0 Å². The summed E-state index contributed by atoms with van der Waals surface area (Å²) in [6.45, 7) is 4.23. The van der Waals surface area contributed by atoms with Gasteiger partial charge in [0.25, 0.3) is 5.91 Å². The summed E-state index contributed by atoms with van der Waals surface area (Å²) in [5.74, 6) is 0.330. The Hall–Kier alpha value is -2.04. The van der Waals surface area contributed by atoms with E-state index in [1.54, 1.807) is 0 Å². The molecule has 1 spiro atoms. The van der Waals surface area contributed by atoms with E-state index in [2.05, 4.69) is 0 Å². The van der Waals surface area contributed by atoms with Gasteiger partial charge in [-0.25, -0.2) is 0 Å². The molecule has 1 atom stereocenters. The van der Waals surface area contributed by atoms with Gasteiger partial charge in [0.1, 0.15) is 0 Å². The van der Waals surface area contributed by atoms with Crippen LogP contribution in [0.3, 0.4) is 0 Å². The molecular weight excluding hydrogens is 314 g/mol. The smallest absolute Gasteiger partial charge is 0.253 e. The van der Waals surface area contributed by atoms with Gasteiger partial charge in [0, 0.05) is 51.4 Å².